The molecule has 1 unspecified atom stereocenters. The van der Waals surface area contributed by atoms with E-state index in [-0.39, 0.29) is 11.6 Å². The number of hydrogen-bond donors (Lipinski definition) is 2. The summed E-state index contributed by atoms with van der Waals surface area (Å²) in [5.74, 6) is 0.922. The predicted molar refractivity (Wildman–Crippen MR) is 72.4 cm³/mol. The Bertz CT molecular complexity index is 369. The van der Waals surface area contributed by atoms with Gasteiger partial charge in [0.1, 0.15) is 5.75 Å². The summed E-state index contributed by atoms with van der Waals surface area (Å²) >= 11 is 0. The van der Waals surface area contributed by atoms with Crippen molar-refractivity contribution in [2.75, 3.05) is 13.7 Å². The molecule has 0 aliphatic carbocycles. The van der Waals surface area contributed by atoms with Gasteiger partial charge in [0.05, 0.1) is 7.11 Å². The zero-order valence-electron chi connectivity index (χ0n) is 11.5. The van der Waals surface area contributed by atoms with Gasteiger partial charge in [0.2, 0.25) is 0 Å². The lowest BCUT2D eigenvalue weighted by Crippen LogP contribution is -2.43. The molecule has 0 spiro atoms. The van der Waals surface area contributed by atoms with Crippen LogP contribution in [0.25, 0.3) is 0 Å². The number of hydrogen-bond acceptors (Lipinski definition) is 3. The zero-order valence-corrected chi connectivity index (χ0v) is 11.5. The van der Waals surface area contributed by atoms with E-state index in [0.717, 1.165) is 12.3 Å². The van der Waals surface area contributed by atoms with Gasteiger partial charge >= 0.3 is 0 Å². The molecular weight excluding hydrogens is 212 g/mol. The quantitative estimate of drug-likeness (QED) is 0.825. The Morgan fingerprint density at radius 1 is 1.41 bits per heavy atom. The van der Waals surface area contributed by atoms with Gasteiger partial charge in [0, 0.05) is 23.7 Å². The van der Waals surface area contributed by atoms with Gasteiger partial charge in [-0.1, -0.05) is 17.7 Å². The summed E-state index contributed by atoms with van der Waals surface area (Å²) in [5, 5.41) is 3.44. The average molecular weight is 236 g/mol. The summed E-state index contributed by atoms with van der Waals surface area (Å²) in [5.41, 5.74) is 8.18. The van der Waals surface area contributed by atoms with E-state index in [4.69, 9.17) is 10.5 Å². The number of nitrogens with two attached hydrogens (primary N) is 1. The van der Waals surface area contributed by atoms with Crippen molar-refractivity contribution in [2.24, 2.45) is 5.73 Å². The smallest absolute Gasteiger partial charge is 0.123 e. The van der Waals surface area contributed by atoms with Crippen molar-refractivity contribution in [3.05, 3.63) is 29.3 Å². The van der Waals surface area contributed by atoms with Crippen LogP contribution in [-0.4, -0.2) is 19.2 Å². The summed E-state index contributed by atoms with van der Waals surface area (Å²) < 4.78 is 5.38. The third-order valence-corrected chi connectivity index (χ3v) is 2.72. The van der Waals surface area contributed by atoms with E-state index in [2.05, 4.69) is 31.3 Å². The van der Waals surface area contributed by atoms with Crippen LogP contribution in [0, 0.1) is 6.92 Å². The minimum absolute atomic E-state index is 0.203. The highest BCUT2D eigenvalue weighted by Gasteiger charge is 2.15. The van der Waals surface area contributed by atoms with Crippen LogP contribution in [0.1, 0.15) is 37.9 Å². The molecule has 0 heterocycles. The molecular formula is C14H24N2O. The van der Waals surface area contributed by atoms with Crippen LogP contribution < -0.4 is 15.8 Å². The zero-order chi connectivity index (χ0) is 13.1. The van der Waals surface area contributed by atoms with Crippen LogP contribution in [-0.2, 0) is 0 Å². The Morgan fingerprint density at radius 3 is 2.59 bits per heavy atom. The topological polar surface area (TPSA) is 47.3 Å². The molecule has 0 aromatic heterocycles. The second-order valence-corrected chi connectivity index (χ2v) is 5.34. The number of ether oxygens (including phenoxy) is 1. The summed E-state index contributed by atoms with van der Waals surface area (Å²) in [6, 6.07) is 6.45. The molecule has 3 nitrogen and oxygen atoms in total. The van der Waals surface area contributed by atoms with Gasteiger partial charge in [-0.15, -0.1) is 0 Å². The maximum Gasteiger partial charge on any atom is 0.123 e. The Morgan fingerprint density at radius 2 is 2.06 bits per heavy atom. The minimum atomic E-state index is -0.203. The summed E-state index contributed by atoms with van der Waals surface area (Å²) in [7, 11) is 1.70. The molecule has 0 aliphatic rings. The third kappa shape index (κ3) is 4.36. The van der Waals surface area contributed by atoms with Crippen molar-refractivity contribution >= 4 is 0 Å². The number of nitrogens with one attached hydrogen (secondary N) is 1. The first kappa shape index (κ1) is 14.0. The van der Waals surface area contributed by atoms with Crippen LogP contribution in [0.2, 0.25) is 0 Å². The van der Waals surface area contributed by atoms with Crippen LogP contribution in [0.15, 0.2) is 18.2 Å². The molecule has 0 radical (unpaired) electrons. The Balaban J connectivity index is 2.80. The van der Waals surface area contributed by atoms with Gasteiger partial charge in [-0.2, -0.15) is 0 Å². The molecule has 0 amide bonds. The van der Waals surface area contributed by atoms with Gasteiger partial charge < -0.3 is 15.8 Å². The lowest BCUT2D eigenvalue weighted by atomic mass is 10.0. The predicted octanol–water partition coefficient (Wildman–Crippen LogP) is 2.39. The first-order valence-electron chi connectivity index (χ1n) is 6.00. The van der Waals surface area contributed by atoms with Crippen molar-refractivity contribution in [1.29, 1.82) is 0 Å². The average Bonchev–Trinajstić information content (AvgIpc) is 2.25. The number of aryl methyl sites for hydroxylation is 1. The molecule has 96 valence electrons. The van der Waals surface area contributed by atoms with E-state index in [0.29, 0.717) is 0 Å². The standard InChI is InChI=1S/C14H24N2O/c1-10-6-7-13(17-5)12(8-10)11(2)16-9-14(3,4)15/h6-8,11,16H,9,15H2,1-5H3. The monoisotopic (exact) mass is 236 g/mol. The molecule has 1 atom stereocenters. The largest absolute Gasteiger partial charge is 0.496 e. The molecule has 0 aliphatic heterocycles. The Labute approximate surface area is 104 Å². The highest BCUT2D eigenvalue weighted by Crippen LogP contribution is 2.26. The van der Waals surface area contributed by atoms with Crippen molar-refractivity contribution in [3.8, 4) is 5.75 Å². The number of rotatable bonds is 5. The summed E-state index contributed by atoms with van der Waals surface area (Å²) in [4.78, 5) is 0. The van der Waals surface area contributed by atoms with Crippen LogP contribution >= 0.6 is 0 Å². The molecule has 3 N–H and O–H groups in total. The lowest BCUT2D eigenvalue weighted by molar-refractivity contribution is 0.391. The molecule has 17 heavy (non-hydrogen) atoms. The van der Waals surface area contributed by atoms with Crippen LogP contribution in [0.5, 0.6) is 5.75 Å². The number of methoxy groups -OCH3 is 1. The van der Waals surface area contributed by atoms with E-state index in [9.17, 15) is 0 Å². The van der Waals surface area contributed by atoms with E-state index in [1.807, 2.05) is 19.9 Å². The highest BCUT2D eigenvalue weighted by molar-refractivity contribution is 5.38. The normalized spacial score (nSPS) is 13.5. The van der Waals surface area contributed by atoms with E-state index < -0.39 is 0 Å². The van der Waals surface area contributed by atoms with Gasteiger partial charge in [0.25, 0.3) is 0 Å². The molecule has 0 saturated heterocycles. The second kappa shape index (κ2) is 5.52. The van der Waals surface area contributed by atoms with E-state index >= 15 is 0 Å². The van der Waals surface area contributed by atoms with E-state index in [1.54, 1.807) is 7.11 Å². The van der Waals surface area contributed by atoms with E-state index in [1.165, 1.54) is 11.1 Å². The third-order valence-electron chi connectivity index (χ3n) is 2.72. The highest BCUT2D eigenvalue weighted by atomic mass is 16.5. The molecule has 1 aromatic rings. The van der Waals surface area contributed by atoms with Crippen molar-refractivity contribution in [3.63, 3.8) is 0 Å². The van der Waals surface area contributed by atoms with Gasteiger partial charge in [-0.3, -0.25) is 0 Å². The lowest BCUT2D eigenvalue weighted by Gasteiger charge is -2.24. The molecule has 0 fully saturated rings. The SMILES string of the molecule is COc1ccc(C)cc1C(C)NCC(C)(C)N. The Kier molecular flexibility index (Phi) is 4.54. The summed E-state index contributed by atoms with van der Waals surface area (Å²) in [6.07, 6.45) is 0. The molecule has 0 saturated carbocycles. The van der Waals surface area contributed by atoms with Gasteiger partial charge in [0.15, 0.2) is 0 Å². The fourth-order valence-electron chi connectivity index (χ4n) is 1.72. The van der Waals surface area contributed by atoms with Gasteiger partial charge in [-0.05, 0) is 33.8 Å². The van der Waals surface area contributed by atoms with Crippen LogP contribution in [0.3, 0.4) is 0 Å². The van der Waals surface area contributed by atoms with Gasteiger partial charge in [-0.25, -0.2) is 0 Å². The minimum Gasteiger partial charge on any atom is -0.496 e. The number of benzene rings is 1. The molecule has 3 heteroatoms. The maximum absolute atomic E-state index is 5.97. The second-order valence-electron chi connectivity index (χ2n) is 5.34. The van der Waals surface area contributed by atoms with Crippen molar-refractivity contribution in [1.82, 2.24) is 5.32 Å². The van der Waals surface area contributed by atoms with Crippen LogP contribution in [0.4, 0.5) is 0 Å². The van der Waals surface area contributed by atoms with Crippen molar-refractivity contribution < 1.29 is 4.74 Å². The first-order valence-corrected chi connectivity index (χ1v) is 6.00. The summed E-state index contributed by atoms with van der Waals surface area (Å²) in [6.45, 7) is 9.01. The van der Waals surface area contributed by atoms with Crippen molar-refractivity contribution in [2.45, 2.75) is 39.3 Å². The fourth-order valence-corrected chi connectivity index (χ4v) is 1.72. The Hall–Kier alpha value is -1.06. The fraction of sp³-hybridized carbons (Fsp3) is 0.571. The molecule has 1 rings (SSSR count). The first-order chi connectivity index (χ1) is 7.83. The maximum atomic E-state index is 5.97. The molecule has 1 aromatic carbocycles. The molecule has 0 bridgehead atoms.